The standard InChI is InChI=1S/C23H19NO4/c1-14-5-9-16(10-6-14)21(25)19-20(18-4-3-13-28-18)24(23(27)22(19)26)17-11-7-15(2)8-12-17/h3-13,20,25H,1-2H3/b21-19-. The van der Waals surface area contributed by atoms with Crippen molar-refractivity contribution in [2.75, 3.05) is 4.90 Å². The minimum Gasteiger partial charge on any atom is -0.507 e. The summed E-state index contributed by atoms with van der Waals surface area (Å²) in [5.41, 5.74) is 3.12. The molecule has 28 heavy (non-hydrogen) atoms. The van der Waals surface area contributed by atoms with E-state index in [9.17, 15) is 14.7 Å². The number of aliphatic hydroxyl groups excluding tert-OH is 1. The van der Waals surface area contributed by atoms with E-state index in [4.69, 9.17) is 4.42 Å². The maximum Gasteiger partial charge on any atom is 0.300 e. The molecular weight excluding hydrogens is 354 g/mol. The van der Waals surface area contributed by atoms with Crippen LogP contribution in [0.1, 0.15) is 28.5 Å². The zero-order chi connectivity index (χ0) is 19.8. The molecule has 2 aromatic carbocycles. The highest BCUT2D eigenvalue weighted by atomic mass is 16.3. The first-order valence-electron chi connectivity index (χ1n) is 8.95. The largest absolute Gasteiger partial charge is 0.507 e. The molecule has 4 rings (SSSR count). The Morgan fingerprint density at radius 2 is 1.54 bits per heavy atom. The molecule has 1 fully saturated rings. The molecule has 1 aromatic heterocycles. The smallest absolute Gasteiger partial charge is 0.300 e. The molecule has 0 saturated carbocycles. The number of Topliss-reactive ketones (excluding diaryl/α,β-unsaturated/α-hetero) is 1. The van der Waals surface area contributed by atoms with Gasteiger partial charge in [0.05, 0.1) is 11.8 Å². The lowest BCUT2D eigenvalue weighted by atomic mass is 9.98. The molecule has 1 aliphatic rings. The lowest BCUT2D eigenvalue weighted by Gasteiger charge is -2.23. The second-order valence-corrected chi connectivity index (χ2v) is 6.89. The zero-order valence-corrected chi connectivity index (χ0v) is 15.5. The summed E-state index contributed by atoms with van der Waals surface area (Å²) >= 11 is 0. The van der Waals surface area contributed by atoms with Crippen LogP contribution in [0.3, 0.4) is 0 Å². The third kappa shape index (κ3) is 2.91. The lowest BCUT2D eigenvalue weighted by Crippen LogP contribution is -2.29. The highest BCUT2D eigenvalue weighted by Crippen LogP contribution is 2.42. The average molecular weight is 373 g/mol. The van der Waals surface area contributed by atoms with Crippen LogP contribution in [0.25, 0.3) is 5.76 Å². The number of furan rings is 1. The highest BCUT2D eigenvalue weighted by Gasteiger charge is 2.48. The van der Waals surface area contributed by atoms with Gasteiger partial charge >= 0.3 is 0 Å². The molecule has 5 nitrogen and oxygen atoms in total. The number of nitrogens with zero attached hydrogens (tertiary/aromatic N) is 1. The second-order valence-electron chi connectivity index (χ2n) is 6.89. The maximum absolute atomic E-state index is 12.9. The van der Waals surface area contributed by atoms with Gasteiger partial charge in [-0.1, -0.05) is 47.5 Å². The lowest BCUT2D eigenvalue weighted by molar-refractivity contribution is -0.132. The Bertz CT molecular complexity index is 1060. The van der Waals surface area contributed by atoms with Crippen LogP contribution in [0.15, 0.2) is 76.9 Å². The number of carbonyl (C=O) groups excluding carboxylic acids is 2. The first-order chi connectivity index (χ1) is 13.5. The Morgan fingerprint density at radius 1 is 0.929 bits per heavy atom. The van der Waals surface area contributed by atoms with Crippen molar-refractivity contribution in [1.82, 2.24) is 0 Å². The Kier molecular flexibility index (Phi) is 4.35. The first kappa shape index (κ1) is 17.8. The fourth-order valence-corrected chi connectivity index (χ4v) is 3.39. The molecule has 2 heterocycles. The predicted molar refractivity (Wildman–Crippen MR) is 106 cm³/mol. The number of aryl methyl sites for hydroxylation is 2. The van der Waals surface area contributed by atoms with E-state index in [0.29, 0.717) is 17.0 Å². The molecule has 1 N–H and O–H groups in total. The molecule has 0 spiro atoms. The number of ketones is 1. The van der Waals surface area contributed by atoms with Crippen molar-refractivity contribution < 1.29 is 19.1 Å². The first-order valence-corrected chi connectivity index (χ1v) is 8.95. The van der Waals surface area contributed by atoms with Crippen LogP contribution in [0, 0.1) is 13.8 Å². The molecule has 5 heteroatoms. The minimum atomic E-state index is -0.834. The van der Waals surface area contributed by atoms with E-state index >= 15 is 0 Å². The van der Waals surface area contributed by atoms with E-state index in [1.165, 1.54) is 11.2 Å². The molecule has 1 unspecified atom stereocenters. The summed E-state index contributed by atoms with van der Waals surface area (Å²) in [6.07, 6.45) is 1.48. The number of anilines is 1. The van der Waals surface area contributed by atoms with Crippen molar-refractivity contribution in [3.63, 3.8) is 0 Å². The molecule has 1 saturated heterocycles. The Hall–Kier alpha value is -3.60. The molecule has 1 atom stereocenters. The number of carbonyl (C=O) groups is 2. The molecule has 140 valence electrons. The monoisotopic (exact) mass is 373 g/mol. The van der Waals surface area contributed by atoms with E-state index < -0.39 is 17.7 Å². The van der Waals surface area contributed by atoms with Crippen molar-refractivity contribution in [2.24, 2.45) is 0 Å². The van der Waals surface area contributed by atoms with E-state index in [0.717, 1.165) is 11.1 Å². The van der Waals surface area contributed by atoms with Gasteiger partial charge in [0, 0.05) is 11.3 Å². The van der Waals surface area contributed by atoms with Gasteiger partial charge in [0.2, 0.25) is 0 Å². The van der Waals surface area contributed by atoms with Gasteiger partial charge in [-0.25, -0.2) is 0 Å². The molecular formula is C23H19NO4. The third-order valence-corrected chi connectivity index (χ3v) is 4.89. The maximum atomic E-state index is 12.9. The van der Waals surface area contributed by atoms with Crippen LogP contribution in [0.2, 0.25) is 0 Å². The van der Waals surface area contributed by atoms with Gasteiger partial charge < -0.3 is 9.52 Å². The summed E-state index contributed by atoms with van der Waals surface area (Å²) in [5.74, 6) is -1.23. The second kappa shape index (κ2) is 6.85. The fraction of sp³-hybridized carbons (Fsp3) is 0.130. The number of amides is 1. The van der Waals surface area contributed by atoms with Crippen LogP contribution < -0.4 is 4.90 Å². The summed E-state index contributed by atoms with van der Waals surface area (Å²) in [6, 6.07) is 17.0. The summed E-state index contributed by atoms with van der Waals surface area (Å²) < 4.78 is 5.53. The fourth-order valence-electron chi connectivity index (χ4n) is 3.39. The summed E-state index contributed by atoms with van der Waals surface area (Å²) in [4.78, 5) is 27.2. The topological polar surface area (TPSA) is 70.8 Å². The highest BCUT2D eigenvalue weighted by molar-refractivity contribution is 6.51. The summed E-state index contributed by atoms with van der Waals surface area (Å²) in [6.45, 7) is 3.88. The quantitative estimate of drug-likeness (QED) is 0.416. The van der Waals surface area contributed by atoms with Gasteiger partial charge in [-0.3, -0.25) is 14.5 Å². The Balaban J connectivity index is 1.91. The van der Waals surface area contributed by atoms with Gasteiger partial charge in [-0.2, -0.15) is 0 Å². The normalized spacial score (nSPS) is 18.6. The van der Waals surface area contributed by atoms with Crippen molar-refractivity contribution >= 4 is 23.1 Å². The number of rotatable bonds is 3. The van der Waals surface area contributed by atoms with E-state index in [1.807, 2.05) is 38.1 Å². The predicted octanol–water partition coefficient (Wildman–Crippen LogP) is 4.52. The van der Waals surface area contributed by atoms with Gasteiger partial charge in [0.25, 0.3) is 11.7 Å². The van der Waals surface area contributed by atoms with Gasteiger partial charge in [0.1, 0.15) is 17.6 Å². The molecule has 0 bridgehead atoms. The molecule has 0 aliphatic carbocycles. The molecule has 1 amide bonds. The van der Waals surface area contributed by atoms with Gasteiger partial charge in [-0.15, -0.1) is 0 Å². The average Bonchev–Trinajstić information content (AvgIpc) is 3.30. The van der Waals surface area contributed by atoms with Crippen LogP contribution in [-0.4, -0.2) is 16.8 Å². The van der Waals surface area contributed by atoms with Crippen LogP contribution in [-0.2, 0) is 9.59 Å². The SMILES string of the molecule is Cc1ccc(/C(O)=C2/C(=O)C(=O)N(c3ccc(C)cc3)C2c2ccco2)cc1. The summed E-state index contributed by atoms with van der Waals surface area (Å²) in [7, 11) is 0. The van der Waals surface area contributed by atoms with Gasteiger partial charge in [0.15, 0.2) is 0 Å². The van der Waals surface area contributed by atoms with E-state index in [-0.39, 0.29) is 11.3 Å². The number of hydrogen-bond donors (Lipinski definition) is 1. The van der Waals surface area contributed by atoms with Crippen LogP contribution in [0.5, 0.6) is 0 Å². The van der Waals surface area contributed by atoms with E-state index in [2.05, 4.69) is 0 Å². The molecule has 0 radical (unpaired) electrons. The Labute approximate surface area is 162 Å². The molecule has 1 aliphatic heterocycles. The van der Waals surface area contributed by atoms with Crippen molar-refractivity contribution in [1.29, 1.82) is 0 Å². The van der Waals surface area contributed by atoms with Crippen molar-refractivity contribution in [2.45, 2.75) is 19.9 Å². The zero-order valence-electron chi connectivity index (χ0n) is 15.5. The Morgan fingerprint density at radius 3 is 2.11 bits per heavy atom. The van der Waals surface area contributed by atoms with Crippen molar-refractivity contribution in [3.05, 3.63) is 95.0 Å². The number of benzene rings is 2. The minimum absolute atomic E-state index is 0.0179. The van der Waals surface area contributed by atoms with Crippen LogP contribution in [0.4, 0.5) is 5.69 Å². The van der Waals surface area contributed by atoms with Gasteiger partial charge in [-0.05, 0) is 38.1 Å². The summed E-state index contributed by atoms with van der Waals surface area (Å²) in [5, 5.41) is 10.9. The molecule has 3 aromatic rings. The van der Waals surface area contributed by atoms with E-state index in [1.54, 1.807) is 36.4 Å². The number of aliphatic hydroxyl groups is 1. The van der Waals surface area contributed by atoms with Crippen molar-refractivity contribution in [3.8, 4) is 0 Å². The number of hydrogen-bond acceptors (Lipinski definition) is 4. The van der Waals surface area contributed by atoms with Crippen LogP contribution >= 0.6 is 0 Å². The third-order valence-electron chi connectivity index (χ3n) is 4.89.